The summed E-state index contributed by atoms with van der Waals surface area (Å²) in [6.07, 6.45) is 5.22. The van der Waals surface area contributed by atoms with E-state index in [0.29, 0.717) is 37.8 Å². The summed E-state index contributed by atoms with van der Waals surface area (Å²) >= 11 is 0. The molecule has 1 aromatic carbocycles. The number of rotatable bonds is 2. The summed E-state index contributed by atoms with van der Waals surface area (Å²) in [5.74, 6) is -0.583. The summed E-state index contributed by atoms with van der Waals surface area (Å²) in [6, 6.07) is 6.03. The van der Waals surface area contributed by atoms with Gasteiger partial charge in [0.05, 0.1) is 0 Å². The Labute approximate surface area is 141 Å². The van der Waals surface area contributed by atoms with Gasteiger partial charge in [0.1, 0.15) is 5.82 Å². The number of benzene rings is 1. The zero-order valence-corrected chi connectivity index (χ0v) is 13.8. The molecule has 1 aromatic rings. The van der Waals surface area contributed by atoms with Crippen LogP contribution in [-0.4, -0.2) is 54.0 Å². The molecule has 1 N–H and O–H groups in total. The van der Waals surface area contributed by atoms with Gasteiger partial charge in [-0.25, -0.2) is 9.18 Å². The van der Waals surface area contributed by atoms with Crippen LogP contribution in [0.15, 0.2) is 24.3 Å². The summed E-state index contributed by atoms with van der Waals surface area (Å²) in [4.78, 5) is 28.4. The maximum atomic E-state index is 13.3. The number of hydrogen-bond acceptors (Lipinski definition) is 2. The second-order valence-electron chi connectivity index (χ2n) is 6.57. The monoisotopic (exact) mass is 333 g/mol. The van der Waals surface area contributed by atoms with Gasteiger partial charge < -0.3 is 15.1 Å². The van der Waals surface area contributed by atoms with Crippen molar-refractivity contribution in [2.45, 2.75) is 38.1 Å². The van der Waals surface area contributed by atoms with Gasteiger partial charge in [-0.3, -0.25) is 4.79 Å². The number of carbonyl (C=O) groups excluding carboxylic acids is 2. The van der Waals surface area contributed by atoms with Crippen LogP contribution in [0.2, 0.25) is 0 Å². The van der Waals surface area contributed by atoms with E-state index in [0.717, 1.165) is 19.3 Å². The van der Waals surface area contributed by atoms with Crippen LogP contribution in [0.1, 0.15) is 42.5 Å². The molecular weight excluding hydrogens is 309 g/mol. The summed E-state index contributed by atoms with van der Waals surface area (Å²) in [5.41, 5.74) is 0.360. The maximum Gasteiger partial charge on any atom is 0.317 e. The number of carbonyl (C=O) groups is 2. The average Bonchev–Trinajstić information content (AvgIpc) is 2.95. The van der Waals surface area contributed by atoms with Crippen molar-refractivity contribution in [1.82, 2.24) is 15.1 Å². The number of amides is 3. The first-order valence-corrected chi connectivity index (χ1v) is 8.74. The van der Waals surface area contributed by atoms with Crippen LogP contribution in [-0.2, 0) is 0 Å². The van der Waals surface area contributed by atoms with Crippen LogP contribution in [0, 0.1) is 5.82 Å². The topological polar surface area (TPSA) is 52.7 Å². The van der Waals surface area contributed by atoms with Gasteiger partial charge in [-0.05, 0) is 37.5 Å². The molecule has 0 aromatic heterocycles. The highest BCUT2D eigenvalue weighted by atomic mass is 19.1. The Bertz CT molecular complexity index is 602. The molecule has 0 spiro atoms. The number of nitrogens with one attached hydrogen (secondary N) is 1. The molecule has 0 unspecified atom stereocenters. The molecule has 0 radical (unpaired) electrons. The Morgan fingerprint density at radius 2 is 1.71 bits per heavy atom. The molecule has 6 heteroatoms. The van der Waals surface area contributed by atoms with Crippen LogP contribution >= 0.6 is 0 Å². The van der Waals surface area contributed by atoms with Crippen LogP contribution in [0.25, 0.3) is 0 Å². The van der Waals surface area contributed by atoms with Gasteiger partial charge in [-0.15, -0.1) is 0 Å². The first-order valence-electron chi connectivity index (χ1n) is 8.74. The normalized spacial score (nSPS) is 19.2. The van der Waals surface area contributed by atoms with Gasteiger partial charge in [0.2, 0.25) is 0 Å². The second-order valence-corrected chi connectivity index (χ2v) is 6.57. The van der Waals surface area contributed by atoms with Crippen molar-refractivity contribution in [3.8, 4) is 0 Å². The number of urea groups is 1. The minimum Gasteiger partial charge on any atom is -0.337 e. The first-order chi connectivity index (χ1) is 11.6. The van der Waals surface area contributed by atoms with Crippen molar-refractivity contribution in [1.29, 1.82) is 0 Å². The molecule has 1 aliphatic heterocycles. The van der Waals surface area contributed by atoms with Crippen LogP contribution in [0.4, 0.5) is 9.18 Å². The summed E-state index contributed by atoms with van der Waals surface area (Å²) in [6.45, 7) is 2.22. The van der Waals surface area contributed by atoms with Crippen molar-refractivity contribution in [3.05, 3.63) is 35.6 Å². The van der Waals surface area contributed by atoms with E-state index in [9.17, 15) is 14.0 Å². The van der Waals surface area contributed by atoms with Crippen LogP contribution in [0.5, 0.6) is 0 Å². The van der Waals surface area contributed by atoms with E-state index < -0.39 is 5.82 Å². The summed E-state index contributed by atoms with van der Waals surface area (Å²) in [7, 11) is 0. The van der Waals surface area contributed by atoms with E-state index in [1.165, 1.54) is 25.0 Å². The highest BCUT2D eigenvalue weighted by molar-refractivity contribution is 5.94. The maximum absolute atomic E-state index is 13.3. The molecular formula is C18H24FN3O2. The SMILES string of the molecule is O=C(NC1CCCC1)N1CCCN(C(=O)c2cccc(F)c2)CC1. The van der Waals surface area contributed by atoms with E-state index in [1.54, 1.807) is 21.9 Å². The Kier molecular flexibility index (Phi) is 5.33. The van der Waals surface area contributed by atoms with E-state index in [-0.39, 0.29) is 11.9 Å². The van der Waals surface area contributed by atoms with E-state index >= 15 is 0 Å². The van der Waals surface area contributed by atoms with Crippen LogP contribution < -0.4 is 5.32 Å². The highest BCUT2D eigenvalue weighted by Crippen LogP contribution is 2.18. The summed E-state index contributed by atoms with van der Waals surface area (Å²) in [5, 5.41) is 3.09. The predicted octanol–water partition coefficient (Wildman–Crippen LogP) is 2.63. The van der Waals surface area contributed by atoms with Crippen molar-refractivity contribution in [3.63, 3.8) is 0 Å². The van der Waals surface area contributed by atoms with E-state index in [2.05, 4.69) is 5.32 Å². The van der Waals surface area contributed by atoms with E-state index in [4.69, 9.17) is 0 Å². The molecule has 1 aliphatic carbocycles. The number of nitrogens with zero attached hydrogens (tertiary/aromatic N) is 2. The van der Waals surface area contributed by atoms with Gasteiger partial charge in [0, 0.05) is 37.8 Å². The number of halogens is 1. The third kappa shape index (κ3) is 4.04. The molecule has 2 fully saturated rings. The van der Waals surface area contributed by atoms with E-state index in [1.807, 2.05) is 0 Å². The largest absolute Gasteiger partial charge is 0.337 e. The molecule has 130 valence electrons. The lowest BCUT2D eigenvalue weighted by Crippen LogP contribution is -2.45. The Morgan fingerprint density at radius 1 is 1.00 bits per heavy atom. The van der Waals surface area contributed by atoms with Gasteiger partial charge in [-0.1, -0.05) is 18.9 Å². The van der Waals surface area contributed by atoms with Crippen molar-refractivity contribution in [2.24, 2.45) is 0 Å². The van der Waals surface area contributed by atoms with Gasteiger partial charge in [0.15, 0.2) is 0 Å². The second kappa shape index (κ2) is 7.64. The lowest BCUT2D eigenvalue weighted by atomic mass is 10.2. The molecule has 3 rings (SSSR count). The lowest BCUT2D eigenvalue weighted by Gasteiger charge is -2.24. The lowest BCUT2D eigenvalue weighted by molar-refractivity contribution is 0.0761. The quantitative estimate of drug-likeness (QED) is 0.904. The molecule has 1 saturated heterocycles. The zero-order valence-electron chi connectivity index (χ0n) is 13.8. The fraction of sp³-hybridized carbons (Fsp3) is 0.556. The smallest absolute Gasteiger partial charge is 0.317 e. The molecule has 5 nitrogen and oxygen atoms in total. The third-order valence-electron chi connectivity index (χ3n) is 4.82. The fourth-order valence-corrected chi connectivity index (χ4v) is 3.46. The first kappa shape index (κ1) is 16.7. The Balaban J connectivity index is 1.56. The molecule has 2 aliphatic rings. The minimum atomic E-state index is -0.409. The number of hydrogen-bond donors (Lipinski definition) is 1. The summed E-state index contributed by atoms with van der Waals surface area (Å²) < 4.78 is 13.3. The molecule has 1 saturated carbocycles. The molecule has 1 heterocycles. The van der Waals surface area contributed by atoms with Gasteiger partial charge in [0.25, 0.3) is 5.91 Å². The zero-order chi connectivity index (χ0) is 16.9. The standard InChI is InChI=1S/C18H24FN3O2/c19-15-6-3-5-14(13-15)17(23)21-9-4-10-22(12-11-21)18(24)20-16-7-1-2-8-16/h3,5-6,13,16H,1-2,4,7-12H2,(H,20,24). The predicted molar refractivity (Wildman–Crippen MR) is 89.3 cm³/mol. The van der Waals surface area contributed by atoms with Gasteiger partial charge >= 0.3 is 6.03 Å². The van der Waals surface area contributed by atoms with Gasteiger partial charge in [-0.2, -0.15) is 0 Å². The Morgan fingerprint density at radius 3 is 2.46 bits per heavy atom. The molecule has 0 atom stereocenters. The average molecular weight is 333 g/mol. The minimum absolute atomic E-state index is 0.0260. The van der Waals surface area contributed by atoms with Crippen LogP contribution in [0.3, 0.4) is 0 Å². The Hall–Kier alpha value is -2.11. The molecule has 3 amide bonds. The third-order valence-corrected chi connectivity index (χ3v) is 4.82. The van der Waals surface area contributed by atoms with Crippen molar-refractivity contribution >= 4 is 11.9 Å². The molecule has 24 heavy (non-hydrogen) atoms. The highest BCUT2D eigenvalue weighted by Gasteiger charge is 2.25. The van der Waals surface area contributed by atoms with Crippen molar-refractivity contribution < 1.29 is 14.0 Å². The molecule has 0 bridgehead atoms. The fourth-order valence-electron chi connectivity index (χ4n) is 3.46. The van der Waals surface area contributed by atoms with Crippen molar-refractivity contribution in [2.75, 3.05) is 26.2 Å².